The zero-order valence-electron chi connectivity index (χ0n) is 27.5. The second kappa shape index (κ2) is 12.0. The number of likely N-dealkylation sites (N-methyl/N-ethyl adjacent to an activating group) is 1. The van der Waals surface area contributed by atoms with Crippen molar-refractivity contribution in [2.24, 2.45) is 0 Å². The van der Waals surface area contributed by atoms with E-state index in [1.165, 1.54) is 5.56 Å². The van der Waals surface area contributed by atoms with E-state index in [1.807, 2.05) is 29.2 Å². The van der Waals surface area contributed by atoms with Gasteiger partial charge < -0.3 is 19.9 Å². The van der Waals surface area contributed by atoms with Crippen molar-refractivity contribution in [1.29, 1.82) is 0 Å². The third kappa shape index (κ3) is 5.56. The molecule has 9 heteroatoms. The number of piperazine rings is 1. The van der Waals surface area contributed by atoms with Crippen LogP contribution in [0.1, 0.15) is 51.9 Å². The lowest BCUT2D eigenvalue weighted by atomic mass is 9.87. The second-order valence-corrected chi connectivity index (χ2v) is 13.8. The van der Waals surface area contributed by atoms with Crippen LogP contribution in [-0.2, 0) is 23.2 Å². The van der Waals surface area contributed by atoms with E-state index in [4.69, 9.17) is 4.98 Å². The lowest BCUT2D eigenvalue weighted by molar-refractivity contribution is -0.137. The van der Waals surface area contributed by atoms with Crippen molar-refractivity contribution in [3.63, 3.8) is 0 Å². The number of rotatable bonds is 8. The number of carbonyl (C=O) groups is 2. The number of benzene rings is 3. The van der Waals surface area contributed by atoms with E-state index in [0.717, 1.165) is 108 Å². The van der Waals surface area contributed by atoms with Crippen molar-refractivity contribution in [3.8, 4) is 22.5 Å². The molecule has 5 aromatic rings. The molecule has 0 bridgehead atoms. The van der Waals surface area contributed by atoms with Gasteiger partial charge in [-0.15, -0.1) is 0 Å². The largest absolute Gasteiger partial charge is 0.481 e. The average molecular weight is 641 g/mol. The number of aromatic nitrogens is 3. The summed E-state index contributed by atoms with van der Waals surface area (Å²) in [5.41, 5.74) is 10.3. The minimum absolute atomic E-state index is 0.0287. The highest BCUT2D eigenvalue weighted by atomic mass is 16.4. The zero-order chi connectivity index (χ0) is 33.0. The molecule has 4 heterocycles. The summed E-state index contributed by atoms with van der Waals surface area (Å²) in [6, 6.07) is 22.9. The van der Waals surface area contributed by atoms with Crippen LogP contribution in [0.4, 0.5) is 5.69 Å². The molecule has 1 aliphatic carbocycles. The molecular formula is C39H40N6O3. The third-order valence-corrected chi connectivity index (χ3v) is 10.7. The van der Waals surface area contributed by atoms with Crippen LogP contribution in [0, 0.1) is 6.92 Å². The van der Waals surface area contributed by atoms with E-state index in [1.54, 1.807) is 6.33 Å². The molecule has 1 amide bonds. The quantitative estimate of drug-likeness (QED) is 0.213. The summed E-state index contributed by atoms with van der Waals surface area (Å²) in [5, 5.41) is 10.4. The van der Waals surface area contributed by atoms with E-state index >= 15 is 0 Å². The number of aliphatic carboxylic acids is 1. The van der Waals surface area contributed by atoms with Gasteiger partial charge in [0, 0.05) is 72.6 Å². The molecule has 2 aromatic heterocycles. The van der Waals surface area contributed by atoms with Crippen LogP contribution in [0.5, 0.6) is 0 Å². The van der Waals surface area contributed by atoms with Crippen LogP contribution in [0.2, 0.25) is 0 Å². The van der Waals surface area contributed by atoms with Crippen LogP contribution in [0.25, 0.3) is 33.5 Å². The second-order valence-electron chi connectivity index (χ2n) is 13.8. The van der Waals surface area contributed by atoms with Crippen molar-refractivity contribution in [1.82, 2.24) is 24.8 Å². The van der Waals surface area contributed by atoms with Gasteiger partial charge in [-0.05, 0) is 79.3 Å². The maximum Gasteiger partial charge on any atom is 0.304 e. The number of aromatic amines is 1. The Hall–Kier alpha value is -4.86. The number of hydrogen-bond donors (Lipinski definition) is 2. The number of amides is 1. The number of nitrogens with one attached hydrogen (secondary N) is 1. The SMILES string of the molecule is Cc1c(-c2ncnc3[nH]c(-c4ccc(CN5CCN(C)CC5)cc4)cc23)cccc1N1CCc2cc(C3(CC(=O)O)CC3)ccc2C1=O. The Bertz CT molecular complexity index is 2040. The predicted octanol–water partition coefficient (Wildman–Crippen LogP) is 6.06. The number of anilines is 1. The molecule has 9 nitrogen and oxygen atoms in total. The average Bonchev–Trinajstić information content (AvgIpc) is 3.73. The summed E-state index contributed by atoms with van der Waals surface area (Å²) in [6.07, 6.45) is 4.22. The maximum absolute atomic E-state index is 13.9. The molecule has 2 N–H and O–H groups in total. The van der Waals surface area contributed by atoms with Crippen LogP contribution in [0.3, 0.4) is 0 Å². The highest BCUT2D eigenvalue weighted by Gasteiger charge is 2.46. The van der Waals surface area contributed by atoms with Crippen molar-refractivity contribution < 1.29 is 14.7 Å². The molecule has 8 rings (SSSR count). The first kappa shape index (κ1) is 30.5. The van der Waals surface area contributed by atoms with Gasteiger partial charge in [-0.3, -0.25) is 14.5 Å². The van der Waals surface area contributed by atoms with Gasteiger partial charge in [-0.25, -0.2) is 9.97 Å². The van der Waals surface area contributed by atoms with E-state index in [9.17, 15) is 14.7 Å². The van der Waals surface area contributed by atoms with Gasteiger partial charge >= 0.3 is 5.97 Å². The molecule has 1 saturated heterocycles. The zero-order valence-corrected chi connectivity index (χ0v) is 27.5. The molecule has 244 valence electrons. The van der Waals surface area contributed by atoms with Crippen LogP contribution in [0.15, 0.2) is 73.1 Å². The third-order valence-electron chi connectivity index (χ3n) is 10.7. The Morgan fingerprint density at radius 2 is 1.73 bits per heavy atom. The van der Waals surface area contributed by atoms with Crippen molar-refractivity contribution in [2.45, 2.75) is 44.6 Å². The Kier molecular flexibility index (Phi) is 7.61. The number of carboxylic acids is 1. The Balaban J connectivity index is 1.05. The normalized spacial score (nSPS) is 17.9. The van der Waals surface area contributed by atoms with Crippen LogP contribution >= 0.6 is 0 Å². The molecule has 0 atom stereocenters. The fraction of sp³-hybridized carbons (Fsp3) is 0.333. The fourth-order valence-electron chi connectivity index (χ4n) is 7.59. The van der Waals surface area contributed by atoms with Crippen molar-refractivity contribution >= 4 is 28.6 Å². The highest BCUT2D eigenvalue weighted by Crippen LogP contribution is 2.51. The predicted molar refractivity (Wildman–Crippen MR) is 187 cm³/mol. The van der Waals surface area contributed by atoms with Crippen LogP contribution < -0.4 is 4.90 Å². The van der Waals surface area contributed by atoms with E-state index in [2.05, 4.69) is 76.2 Å². The number of fused-ring (bicyclic) bond motifs is 2. The van der Waals surface area contributed by atoms with E-state index in [-0.39, 0.29) is 17.7 Å². The number of carboxylic acid groups (broad SMARTS) is 1. The molecule has 0 unspecified atom stereocenters. The van der Waals surface area contributed by atoms with Gasteiger partial charge in [-0.1, -0.05) is 48.5 Å². The number of carbonyl (C=O) groups excluding carboxylic acids is 1. The molecule has 3 aromatic carbocycles. The Labute approximate surface area is 280 Å². The van der Waals surface area contributed by atoms with Crippen molar-refractivity contribution in [3.05, 3.63) is 101 Å². The van der Waals surface area contributed by atoms with Gasteiger partial charge in [0.1, 0.15) is 12.0 Å². The van der Waals surface area contributed by atoms with E-state index < -0.39 is 5.97 Å². The number of nitrogens with zero attached hydrogens (tertiary/aromatic N) is 5. The molecule has 1 saturated carbocycles. The van der Waals surface area contributed by atoms with Gasteiger partial charge in [0.2, 0.25) is 0 Å². The lowest BCUT2D eigenvalue weighted by Crippen LogP contribution is -2.43. The summed E-state index contributed by atoms with van der Waals surface area (Å²) in [5.74, 6) is -0.801. The summed E-state index contributed by atoms with van der Waals surface area (Å²) >= 11 is 0. The summed E-state index contributed by atoms with van der Waals surface area (Å²) in [6.45, 7) is 7.99. The first-order valence-corrected chi connectivity index (χ1v) is 16.9. The minimum Gasteiger partial charge on any atom is -0.481 e. The first-order chi connectivity index (χ1) is 23.3. The molecule has 3 aliphatic rings. The number of hydrogen-bond acceptors (Lipinski definition) is 6. The summed E-state index contributed by atoms with van der Waals surface area (Å²) < 4.78 is 0. The standard InChI is InChI=1S/C39H40N6O3/c1-25-30(4-3-5-34(25)45-15-12-28-20-29(10-11-31(28)38(45)48)39(13-14-39)22-35(46)47)36-32-21-33(42-37(32)41-24-40-36)27-8-6-26(7-9-27)23-44-18-16-43(2)17-19-44/h3-11,20-21,24H,12-19,22-23H2,1-2H3,(H,46,47)(H,40,41,42). The summed E-state index contributed by atoms with van der Waals surface area (Å²) in [4.78, 5) is 44.9. The first-order valence-electron chi connectivity index (χ1n) is 16.9. The molecule has 2 aliphatic heterocycles. The highest BCUT2D eigenvalue weighted by molar-refractivity contribution is 6.09. The van der Waals surface area contributed by atoms with Crippen molar-refractivity contribution in [2.75, 3.05) is 44.7 Å². The monoisotopic (exact) mass is 640 g/mol. The molecule has 2 fully saturated rings. The minimum atomic E-state index is -0.773. The molecular weight excluding hydrogens is 600 g/mol. The van der Waals surface area contributed by atoms with Gasteiger partial charge in [0.25, 0.3) is 5.91 Å². The lowest BCUT2D eigenvalue weighted by Gasteiger charge is -2.32. The number of H-pyrrole nitrogens is 1. The topological polar surface area (TPSA) is 106 Å². The molecule has 0 spiro atoms. The molecule has 0 radical (unpaired) electrons. The fourth-order valence-corrected chi connectivity index (χ4v) is 7.59. The smallest absolute Gasteiger partial charge is 0.304 e. The Morgan fingerprint density at radius 1 is 0.938 bits per heavy atom. The van der Waals surface area contributed by atoms with Gasteiger partial charge in [0.15, 0.2) is 0 Å². The van der Waals surface area contributed by atoms with Gasteiger partial charge in [0.05, 0.1) is 12.1 Å². The summed E-state index contributed by atoms with van der Waals surface area (Å²) in [7, 11) is 2.18. The molecule has 48 heavy (non-hydrogen) atoms. The maximum atomic E-state index is 13.9. The Morgan fingerprint density at radius 3 is 2.48 bits per heavy atom. The van der Waals surface area contributed by atoms with Gasteiger partial charge in [-0.2, -0.15) is 0 Å². The van der Waals surface area contributed by atoms with E-state index in [0.29, 0.717) is 12.1 Å². The van der Waals surface area contributed by atoms with Crippen LogP contribution in [-0.4, -0.2) is 81.5 Å².